The lowest BCUT2D eigenvalue weighted by atomic mass is 10.1. The van der Waals surface area contributed by atoms with Crippen molar-refractivity contribution >= 4 is 17.5 Å². The normalized spacial score (nSPS) is 11.5. The molecule has 0 unspecified atom stereocenters. The maximum absolute atomic E-state index is 12.7. The van der Waals surface area contributed by atoms with Gasteiger partial charge in [0, 0.05) is 16.1 Å². The van der Waals surface area contributed by atoms with E-state index < -0.39 is 0 Å². The van der Waals surface area contributed by atoms with Gasteiger partial charge in [-0.3, -0.25) is 4.79 Å². The average Bonchev–Trinajstić information content (AvgIpc) is 2.72. The maximum atomic E-state index is 12.7. The molecule has 0 saturated heterocycles. The van der Waals surface area contributed by atoms with E-state index in [4.69, 9.17) is 21.1 Å². The number of hydrogen-bond acceptors (Lipinski definition) is 3. The molecular formula is C23H22ClNO3. The second-order valence-corrected chi connectivity index (χ2v) is 6.81. The van der Waals surface area contributed by atoms with Gasteiger partial charge in [-0.05, 0) is 48.9 Å². The van der Waals surface area contributed by atoms with Crippen LogP contribution in [0.4, 0.5) is 0 Å². The Morgan fingerprint density at radius 3 is 2.54 bits per heavy atom. The summed E-state index contributed by atoms with van der Waals surface area (Å²) in [5, 5.41) is 3.62. The number of nitrogens with one attached hydrogen (secondary N) is 1. The molecular weight excluding hydrogens is 374 g/mol. The van der Waals surface area contributed by atoms with E-state index in [2.05, 4.69) is 5.32 Å². The number of carbonyl (C=O) groups excluding carboxylic acids is 1. The van der Waals surface area contributed by atoms with Gasteiger partial charge in [0.15, 0.2) is 0 Å². The molecule has 0 fully saturated rings. The van der Waals surface area contributed by atoms with E-state index in [-0.39, 0.29) is 18.6 Å². The van der Waals surface area contributed by atoms with Crippen molar-refractivity contribution < 1.29 is 14.3 Å². The van der Waals surface area contributed by atoms with Gasteiger partial charge in [0.1, 0.15) is 18.1 Å². The fourth-order valence-electron chi connectivity index (χ4n) is 2.86. The molecule has 4 nitrogen and oxygen atoms in total. The highest BCUT2D eigenvalue weighted by molar-refractivity contribution is 6.30. The summed E-state index contributed by atoms with van der Waals surface area (Å²) in [5.74, 6) is 1.17. The van der Waals surface area contributed by atoms with Crippen molar-refractivity contribution in [2.75, 3.05) is 7.11 Å². The molecule has 0 radical (unpaired) electrons. The Bertz CT molecular complexity index is 944. The smallest absolute Gasteiger partial charge is 0.251 e. The number of hydrogen-bond donors (Lipinski definition) is 1. The quantitative estimate of drug-likeness (QED) is 0.581. The monoisotopic (exact) mass is 395 g/mol. The topological polar surface area (TPSA) is 47.6 Å². The van der Waals surface area contributed by atoms with Crippen molar-refractivity contribution in [3.8, 4) is 11.5 Å². The van der Waals surface area contributed by atoms with E-state index in [0.717, 1.165) is 11.1 Å². The third-order valence-electron chi connectivity index (χ3n) is 4.38. The summed E-state index contributed by atoms with van der Waals surface area (Å²) in [7, 11) is 1.59. The minimum Gasteiger partial charge on any atom is -0.496 e. The van der Waals surface area contributed by atoms with Crippen molar-refractivity contribution in [2.45, 2.75) is 19.6 Å². The first kappa shape index (κ1) is 19.8. The Kier molecular flexibility index (Phi) is 6.56. The lowest BCUT2D eigenvalue weighted by Crippen LogP contribution is -2.26. The molecule has 0 aliphatic heterocycles. The number of rotatable bonds is 7. The summed E-state index contributed by atoms with van der Waals surface area (Å²) in [6.07, 6.45) is 0. The molecule has 3 aromatic rings. The Labute approximate surface area is 170 Å². The van der Waals surface area contributed by atoms with Gasteiger partial charge in [0.25, 0.3) is 5.91 Å². The molecule has 3 rings (SSSR count). The van der Waals surface area contributed by atoms with Gasteiger partial charge in [-0.25, -0.2) is 0 Å². The van der Waals surface area contributed by atoms with E-state index in [9.17, 15) is 4.79 Å². The molecule has 1 amide bonds. The molecule has 0 saturated carbocycles. The minimum atomic E-state index is -0.150. The molecule has 0 spiro atoms. The fraction of sp³-hybridized carbons (Fsp3) is 0.174. The first-order valence-electron chi connectivity index (χ1n) is 8.98. The van der Waals surface area contributed by atoms with Crippen LogP contribution >= 0.6 is 11.6 Å². The number of ether oxygens (including phenoxy) is 2. The average molecular weight is 396 g/mol. The molecule has 1 N–H and O–H groups in total. The van der Waals surface area contributed by atoms with Gasteiger partial charge in [0.2, 0.25) is 0 Å². The largest absolute Gasteiger partial charge is 0.496 e. The van der Waals surface area contributed by atoms with E-state index >= 15 is 0 Å². The zero-order valence-electron chi connectivity index (χ0n) is 15.8. The summed E-state index contributed by atoms with van der Waals surface area (Å²) in [6.45, 7) is 2.22. The third kappa shape index (κ3) is 5.05. The third-order valence-corrected chi connectivity index (χ3v) is 4.62. The summed E-state index contributed by atoms with van der Waals surface area (Å²) < 4.78 is 11.2. The number of halogens is 1. The van der Waals surface area contributed by atoms with Crippen LogP contribution < -0.4 is 14.8 Å². The van der Waals surface area contributed by atoms with Crippen LogP contribution in [0.15, 0.2) is 72.8 Å². The van der Waals surface area contributed by atoms with Crippen LogP contribution in [-0.4, -0.2) is 13.0 Å². The van der Waals surface area contributed by atoms with Crippen molar-refractivity contribution in [3.05, 3.63) is 94.5 Å². The van der Waals surface area contributed by atoms with Gasteiger partial charge in [-0.1, -0.05) is 48.0 Å². The Morgan fingerprint density at radius 2 is 1.82 bits per heavy atom. The number of benzene rings is 3. The number of carbonyl (C=O) groups is 1. The lowest BCUT2D eigenvalue weighted by Gasteiger charge is -2.16. The zero-order valence-corrected chi connectivity index (χ0v) is 16.6. The first-order valence-corrected chi connectivity index (χ1v) is 9.35. The van der Waals surface area contributed by atoms with E-state index in [0.29, 0.717) is 22.1 Å². The van der Waals surface area contributed by atoms with Gasteiger partial charge in [-0.2, -0.15) is 0 Å². The van der Waals surface area contributed by atoms with Crippen LogP contribution in [0.2, 0.25) is 5.02 Å². The number of methoxy groups -OCH3 is 1. The molecule has 5 heteroatoms. The molecule has 0 aromatic heterocycles. The highest BCUT2D eigenvalue weighted by atomic mass is 35.5. The number of amides is 1. The highest BCUT2D eigenvalue weighted by Gasteiger charge is 2.14. The summed E-state index contributed by atoms with van der Waals surface area (Å²) in [4.78, 5) is 12.7. The Morgan fingerprint density at radius 1 is 1.04 bits per heavy atom. The minimum absolute atomic E-state index is 0.0954. The molecule has 0 aliphatic carbocycles. The maximum Gasteiger partial charge on any atom is 0.251 e. The first-order chi connectivity index (χ1) is 13.6. The molecule has 0 heterocycles. The van der Waals surface area contributed by atoms with E-state index in [1.165, 1.54) is 0 Å². The van der Waals surface area contributed by atoms with Crippen LogP contribution in [0.5, 0.6) is 11.5 Å². The summed E-state index contributed by atoms with van der Waals surface area (Å²) in [5.41, 5.74) is 2.38. The zero-order chi connectivity index (χ0) is 19.9. The molecule has 28 heavy (non-hydrogen) atoms. The van der Waals surface area contributed by atoms with Gasteiger partial charge < -0.3 is 14.8 Å². The van der Waals surface area contributed by atoms with Crippen LogP contribution in [0.25, 0.3) is 0 Å². The Hall–Kier alpha value is -2.98. The SMILES string of the molecule is COc1ccc(C(=O)N[C@@H](C)c2ccccc2)cc1COc1cccc(Cl)c1. The van der Waals surface area contributed by atoms with Gasteiger partial charge >= 0.3 is 0 Å². The van der Waals surface area contributed by atoms with Crippen LogP contribution in [-0.2, 0) is 6.61 Å². The summed E-state index contributed by atoms with van der Waals surface area (Å²) in [6, 6.07) is 22.2. The molecule has 0 aliphatic rings. The van der Waals surface area contributed by atoms with Crippen LogP contribution in [0.3, 0.4) is 0 Å². The molecule has 3 aromatic carbocycles. The van der Waals surface area contributed by atoms with Gasteiger partial charge in [0.05, 0.1) is 13.2 Å². The standard InChI is InChI=1S/C23H22ClNO3/c1-16(17-7-4-3-5-8-17)25-23(26)18-11-12-22(27-2)19(13-18)15-28-21-10-6-9-20(24)14-21/h3-14,16H,15H2,1-2H3,(H,25,26)/t16-/m0/s1. The lowest BCUT2D eigenvalue weighted by molar-refractivity contribution is 0.0939. The molecule has 0 bridgehead atoms. The second-order valence-electron chi connectivity index (χ2n) is 6.38. The van der Waals surface area contributed by atoms with Gasteiger partial charge in [-0.15, -0.1) is 0 Å². The predicted molar refractivity (Wildman–Crippen MR) is 111 cm³/mol. The van der Waals surface area contributed by atoms with E-state index in [1.807, 2.05) is 49.4 Å². The van der Waals surface area contributed by atoms with Crippen molar-refractivity contribution in [3.63, 3.8) is 0 Å². The van der Waals surface area contributed by atoms with Crippen molar-refractivity contribution in [1.29, 1.82) is 0 Å². The van der Waals surface area contributed by atoms with Crippen molar-refractivity contribution in [2.24, 2.45) is 0 Å². The molecule has 144 valence electrons. The second kappa shape index (κ2) is 9.29. The van der Waals surface area contributed by atoms with Crippen LogP contribution in [0.1, 0.15) is 34.5 Å². The van der Waals surface area contributed by atoms with E-state index in [1.54, 1.807) is 37.4 Å². The summed E-state index contributed by atoms with van der Waals surface area (Å²) >= 11 is 5.99. The van der Waals surface area contributed by atoms with Crippen molar-refractivity contribution in [1.82, 2.24) is 5.32 Å². The predicted octanol–water partition coefficient (Wildman–Crippen LogP) is 5.42. The molecule has 1 atom stereocenters. The highest BCUT2D eigenvalue weighted by Crippen LogP contribution is 2.24. The fourth-order valence-corrected chi connectivity index (χ4v) is 3.04. The Balaban J connectivity index is 1.73. The van der Waals surface area contributed by atoms with Crippen LogP contribution in [0, 0.1) is 0 Å².